The lowest BCUT2D eigenvalue weighted by molar-refractivity contribution is -0.137. The number of pyridine rings is 2. The minimum absolute atomic E-state index is 0.0442. The van der Waals surface area contributed by atoms with Crippen molar-refractivity contribution < 1.29 is 27.8 Å². The number of ether oxygens (including phenoxy) is 1. The van der Waals surface area contributed by atoms with Gasteiger partial charge in [-0.05, 0) is 60.7 Å². The molecule has 1 aliphatic carbocycles. The summed E-state index contributed by atoms with van der Waals surface area (Å²) in [6.45, 7) is 0. The number of carbonyl (C=O) groups excluding carboxylic acids is 1. The van der Waals surface area contributed by atoms with Crippen LogP contribution in [-0.2, 0) is 6.18 Å². The molecule has 34 heavy (non-hydrogen) atoms. The Hall–Kier alpha value is -3.72. The highest BCUT2D eigenvalue weighted by molar-refractivity contribution is 5.94. The van der Waals surface area contributed by atoms with Crippen molar-refractivity contribution in [2.24, 2.45) is 0 Å². The van der Waals surface area contributed by atoms with Gasteiger partial charge in [0.1, 0.15) is 5.75 Å². The number of amides is 1. The number of aliphatic hydroxyl groups is 1. The van der Waals surface area contributed by atoms with E-state index in [9.17, 15) is 23.1 Å². The van der Waals surface area contributed by atoms with Gasteiger partial charge in [0.2, 0.25) is 5.88 Å². The molecule has 0 bridgehead atoms. The number of alkyl halides is 3. The summed E-state index contributed by atoms with van der Waals surface area (Å²) < 4.78 is 43.6. The minimum atomic E-state index is -4.46. The van der Waals surface area contributed by atoms with Crippen molar-refractivity contribution in [2.45, 2.75) is 37.6 Å². The number of benzene rings is 1. The van der Waals surface area contributed by atoms with Crippen LogP contribution in [0.3, 0.4) is 0 Å². The Morgan fingerprint density at radius 2 is 2.00 bits per heavy atom. The number of nitrogens with one attached hydrogen (secondary N) is 1. The van der Waals surface area contributed by atoms with E-state index in [1.807, 2.05) is 12.1 Å². The summed E-state index contributed by atoms with van der Waals surface area (Å²) in [5.41, 5.74) is 1.23. The highest BCUT2D eigenvalue weighted by Gasteiger charge is 2.30. The summed E-state index contributed by atoms with van der Waals surface area (Å²) >= 11 is 0. The molecule has 1 aliphatic rings. The molecule has 1 fully saturated rings. The van der Waals surface area contributed by atoms with Crippen LogP contribution in [0.15, 0.2) is 72.7 Å². The lowest BCUT2D eigenvalue weighted by Gasteiger charge is -2.29. The van der Waals surface area contributed by atoms with E-state index in [1.54, 1.807) is 36.5 Å². The van der Waals surface area contributed by atoms with Crippen molar-refractivity contribution in [2.75, 3.05) is 0 Å². The maximum Gasteiger partial charge on any atom is 0.417 e. The molecule has 2 aromatic heterocycles. The first-order chi connectivity index (χ1) is 16.3. The van der Waals surface area contributed by atoms with Crippen LogP contribution >= 0.6 is 0 Å². The molecule has 0 radical (unpaired) electrons. The topological polar surface area (TPSA) is 84.3 Å². The van der Waals surface area contributed by atoms with Gasteiger partial charge in [-0.1, -0.05) is 18.2 Å². The molecule has 1 aromatic carbocycles. The molecule has 2 heterocycles. The Labute approximate surface area is 194 Å². The molecule has 176 valence electrons. The Bertz CT molecular complexity index is 1170. The molecule has 0 aliphatic heterocycles. The minimum Gasteiger partial charge on any atom is -0.439 e. The first kappa shape index (κ1) is 23.4. The van der Waals surface area contributed by atoms with Gasteiger partial charge in [-0.2, -0.15) is 13.2 Å². The van der Waals surface area contributed by atoms with Crippen LogP contribution in [0.5, 0.6) is 11.6 Å². The molecule has 0 saturated heterocycles. The van der Waals surface area contributed by atoms with Gasteiger partial charge in [-0.25, -0.2) is 4.98 Å². The van der Waals surface area contributed by atoms with Gasteiger partial charge >= 0.3 is 6.18 Å². The number of aromatic nitrogens is 2. The molecular formula is C25H22F3N3O3. The molecule has 1 saturated carbocycles. The number of rotatable bonds is 5. The SMILES string of the molecule is O=C(NC1CC/C(=C\c2cccc(Oc3ccc(C(F)(F)F)cn3)c2)C(O)C1)c1cccnc1. The van der Waals surface area contributed by atoms with E-state index in [2.05, 4.69) is 15.3 Å². The van der Waals surface area contributed by atoms with E-state index in [4.69, 9.17) is 4.74 Å². The van der Waals surface area contributed by atoms with E-state index in [0.717, 1.165) is 23.4 Å². The average Bonchev–Trinajstić information content (AvgIpc) is 2.81. The first-order valence-electron chi connectivity index (χ1n) is 10.7. The third-order valence-corrected chi connectivity index (χ3v) is 5.47. The van der Waals surface area contributed by atoms with E-state index < -0.39 is 17.8 Å². The average molecular weight is 469 g/mol. The van der Waals surface area contributed by atoms with Gasteiger partial charge in [0, 0.05) is 30.7 Å². The van der Waals surface area contributed by atoms with Gasteiger partial charge < -0.3 is 15.2 Å². The van der Waals surface area contributed by atoms with Gasteiger partial charge in [0.15, 0.2) is 0 Å². The first-order valence-corrected chi connectivity index (χ1v) is 10.7. The maximum absolute atomic E-state index is 12.7. The fraction of sp³-hybridized carbons (Fsp3) is 0.240. The summed E-state index contributed by atoms with van der Waals surface area (Å²) in [5, 5.41) is 13.6. The third kappa shape index (κ3) is 5.99. The maximum atomic E-state index is 12.7. The van der Waals surface area contributed by atoms with Crippen LogP contribution in [0.2, 0.25) is 0 Å². The lowest BCUT2D eigenvalue weighted by atomic mass is 9.87. The standard InChI is InChI=1S/C25H22F3N3O3/c26-25(27,28)19-7-9-23(30-15-19)34-21-5-1-3-16(12-21)11-17-6-8-20(13-22(17)32)31-24(33)18-4-2-10-29-14-18/h1-5,7,9-12,14-15,20,22,32H,6,8,13H2,(H,31,33)/b17-11+. The summed E-state index contributed by atoms with van der Waals surface area (Å²) in [6.07, 6.45) is 2.18. The predicted octanol–water partition coefficient (Wildman–Crippen LogP) is 5.01. The van der Waals surface area contributed by atoms with E-state index in [-0.39, 0.29) is 17.8 Å². The summed E-state index contributed by atoms with van der Waals surface area (Å²) in [5.74, 6) is 0.232. The Balaban J connectivity index is 1.38. The lowest BCUT2D eigenvalue weighted by Crippen LogP contribution is -2.40. The molecule has 2 N–H and O–H groups in total. The number of carbonyl (C=O) groups is 1. The Morgan fingerprint density at radius 3 is 2.68 bits per heavy atom. The molecular weight excluding hydrogens is 447 g/mol. The van der Waals surface area contributed by atoms with Crippen molar-refractivity contribution in [3.63, 3.8) is 0 Å². The van der Waals surface area contributed by atoms with Crippen molar-refractivity contribution in [1.29, 1.82) is 0 Å². The van der Waals surface area contributed by atoms with E-state index in [0.29, 0.717) is 30.6 Å². The second kappa shape index (κ2) is 10.0. The van der Waals surface area contributed by atoms with Crippen molar-refractivity contribution in [3.05, 3.63) is 89.4 Å². The Kier molecular flexibility index (Phi) is 6.93. The zero-order valence-corrected chi connectivity index (χ0v) is 18.0. The van der Waals surface area contributed by atoms with Crippen LogP contribution in [0, 0.1) is 0 Å². The normalized spacial score (nSPS) is 19.6. The van der Waals surface area contributed by atoms with Gasteiger partial charge in [-0.3, -0.25) is 9.78 Å². The fourth-order valence-corrected chi connectivity index (χ4v) is 3.72. The number of hydrogen-bond donors (Lipinski definition) is 2. The summed E-state index contributed by atoms with van der Waals surface area (Å²) in [6, 6.07) is 12.3. The highest BCUT2D eigenvalue weighted by atomic mass is 19.4. The van der Waals surface area contributed by atoms with Crippen LogP contribution < -0.4 is 10.1 Å². The second-order valence-corrected chi connectivity index (χ2v) is 7.98. The number of nitrogens with zero attached hydrogens (tertiary/aromatic N) is 2. The number of aliphatic hydroxyl groups excluding tert-OH is 1. The second-order valence-electron chi connectivity index (χ2n) is 7.98. The Morgan fingerprint density at radius 1 is 1.15 bits per heavy atom. The highest BCUT2D eigenvalue weighted by Crippen LogP contribution is 2.31. The molecule has 9 heteroatoms. The number of halogens is 3. The summed E-state index contributed by atoms with van der Waals surface area (Å²) in [4.78, 5) is 20.0. The predicted molar refractivity (Wildman–Crippen MR) is 119 cm³/mol. The quantitative estimate of drug-likeness (QED) is 0.549. The zero-order valence-electron chi connectivity index (χ0n) is 18.0. The van der Waals surface area contributed by atoms with Crippen molar-refractivity contribution >= 4 is 12.0 Å². The molecule has 4 rings (SSSR count). The van der Waals surface area contributed by atoms with Crippen LogP contribution in [0.4, 0.5) is 13.2 Å². The molecule has 0 spiro atoms. The van der Waals surface area contributed by atoms with Crippen LogP contribution in [-0.4, -0.2) is 33.1 Å². The molecule has 3 aromatic rings. The third-order valence-electron chi connectivity index (χ3n) is 5.47. The smallest absolute Gasteiger partial charge is 0.417 e. The van der Waals surface area contributed by atoms with Gasteiger partial charge in [0.05, 0.1) is 17.2 Å². The van der Waals surface area contributed by atoms with Gasteiger partial charge in [-0.15, -0.1) is 0 Å². The van der Waals surface area contributed by atoms with Crippen LogP contribution in [0.25, 0.3) is 6.08 Å². The van der Waals surface area contributed by atoms with Gasteiger partial charge in [0.25, 0.3) is 5.91 Å². The van der Waals surface area contributed by atoms with Crippen molar-refractivity contribution in [1.82, 2.24) is 15.3 Å². The molecule has 2 atom stereocenters. The van der Waals surface area contributed by atoms with Crippen LogP contribution in [0.1, 0.15) is 40.7 Å². The monoisotopic (exact) mass is 469 g/mol. The number of hydrogen-bond acceptors (Lipinski definition) is 5. The van der Waals surface area contributed by atoms with E-state index in [1.165, 1.54) is 12.3 Å². The summed E-state index contributed by atoms with van der Waals surface area (Å²) in [7, 11) is 0. The largest absolute Gasteiger partial charge is 0.439 e. The molecule has 2 unspecified atom stereocenters. The van der Waals surface area contributed by atoms with Crippen molar-refractivity contribution in [3.8, 4) is 11.6 Å². The fourth-order valence-electron chi connectivity index (χ4n) is 3.72. The van der Waals surface area contributed by atoms with E-state index >= 15 is 0 Å². The molecule has 1 amide bonds. The molecule has 6 nitrogen and oxygen atoms in total. The zero-order chi connectivity index (χ0) is 24.1.